The summed E-state index contributed by atoms with van der Waals surface area (Å²) in [6, 6.07) is 14.3. The van der Waals surface area contributed by atoms with Crippen LogP contribution in [0.15, 0.2) is 48.5 Å². The first-order valence-electron chi connectivity index (χ1n) is 9.30. The van der Waals surface area contributed by atoms with Gasteiger partial charge in [-0.25, -0.2) is 0 Å². The van der Waals surface area contributed by atoms with Crippen LogP contribution in [-0.2, 0) is 11.2 Å². The van der Waals surface area contributed by atoms with Crippen LogP contribution in [0.3, 0.4) is 0 Å². The second kappa shape index (κ2) is 9.92. The maximum atomic E-state index is 12.5. The summed E-state index contributed by atoms with van der Waals surface area (Å²) >= 11 is 12.1. The quantitative estimate of drug-likeness (QED) is 0.645. The van der Waals surface area contributed by atoms with Gasteiger partial charge in [-0.1, -0.05) is 47.5 Å². The van der Waals surface area contributed by atoms with Gasteiger partial charge in [-0.15, -0.1) is 0 Å². The van der Waals surface area contributed by atoms with Crippen molar-refractivity contribution in [2.75, 3.05) is 19.6 Å². The summed E-state index contributed by atoms with van der Waals surface area (Å²) in [4.78, 5) is 24.6. The lowest BCUT2D eigenvalue weighted by Crippen LogP contribution is -2.46. The lowest BCUT2D eigenvalue weighted by molar-refractivity contribution is -0.121. The summed E-state index contributed by atoms with van der Waals surface area (Å²) in [5.74, 6) is -0.149. The molecular weight excluding hydrogens is 397 g/mol. The largest absolute Gasteiger partial charge is 0.351 e. The van der Waals surface area contributed by atoms with Crippen molar-refractivity contribution in [3.8, 4) is 0 Å². The van der Waals surface area contributed by atoms with E-state index in [9.17, 15) is 9.59 Å². The molecule has 2 unspecified atom stereocenters. The summed E-state index contributed by atoms with van der Waals surface area (Å²) in [7, 11) is 0. The van der Waals surface area contributed by atoms with Crippen LogP contribution in [0.2, 0.25) is 10.0 Å². The van der Waals surface area contributed by atoms with Crippen molar-refractivity contribution < 1.29 is 9.59 Å². The molecule has 1 saturated heterocycles. The fraction of sp³-hybridized carbons (Fsp3) is 0.333. The zero-order valence-electron chi connectivity index (χ0n) is 15.4. The molecule has 0 aromatic heterocycles. The summed E-state index contributed by atoms with van der Waals surface area (Å²) in [6.45, 7) is 1.72. The molecule has 1 heterocycles. The van der Waals surface area contributed by atoms with Crippen molar-refractivity contribution in [3.63, 3.8) is 0 Å². The van der Waals surface area contributed by atoms with E-state index < -0.39 is 0 Å². The molecule has 2 atom stereocenters. The first kappa shape index (κ1) is 20.6. The number of hydrogen-bond acceptors (Lipinski definition) is 3. The van der Waals surface area contributed by atoms with Gasteiger partial charge in [0.05, 0.1) is 16.6 Å². The summed E-state index contributed by atoms with van der Waals surface area (Å²) in [6.07, 6.45) is 1.64. The smallest absolute Gasteiger partial charge is 0.251 e. The number of hydrogen-bond donors (Lipinski definition) is 3. The number of carbonyl (C=O) groups excluding carboxylic acids is 2. The summed E-state index contributed by atoms with van der Waals surface area (Å²) in [5, 5.41) is 10.1. The topological polar surface area (TPSA) is 70.2 Å². The fourth-order valence-electron chi connectivity index (χ4n) is 3.39. The van der Waals surface area contributed by atoms with E-state index in [-0.39, 0.29) is 24.4 Å². The van der Waals surface area contributed by atoms with Gasteiger partial charge >= 0.3 is 0 Å². The highest BCUT2D eigenvalue weighted by molar-refractivity contribution is 6.42. The molecule has 2 aromatic rings. The molecule has 3 N–H and O–H groups in total. The predicted molar refractivity (Wildman–Crippen MR) is 112 cm³/mol. The highest BCUT2D eigenvalue weighted by atomic mass is 35.5. The molecule has 0 saturated carbocycles. The van der Waals surface area contributed by atoms with Crippen molar-refractivity contribution in [2.24, 2.45) is 5.92 Å². The van der Waals surface area contributed by atoms with Gasteiger partial charge in [-0.3, -0.25) is 9.59 Å². The van der Waals surface area contributed by atoms with Gasteiger partial charge < -0.3 is 16.0 Å². The Morgan fingerprint density at radius 3 is 2.57 bits per heavy atom. The van der Waals surface area contributed by atoms with Crippen LogP contribution in [0.4, 0.5) is 0 Å². The Labute approximate surface area is 174 Å². The van der Waals surface area contributed by atoms with Crippen LogP contribution in [0.5, 0.6) is 0 Å². The third-order valence-corrected chi connectivity index (χ3v) is 5.64. The number of nitrogens with one attached hydrogen (secondary N) is 3. The van der Waals surface area contributed by atoms with Gasteiger partial charge in [-0.05, 0) is 61.7 Å². The molecule has 1 aliphatic heterocycles. The number of halogens is 2. The SMILES string of the molecule is O=C(CNC(=O)c1ccccc1)NC(Cc1ccc(Cl)c(Cl)c1)C1CCNC1. The molecule has 0 spiro atoms. The lowest BCUT2D eigenvalue weighted by atomic mass is 9.92. The minimum Gasteiger partial charge on any atom is -0.351 e. The Balaban J connectivity index is 1.59. The molecule has 1 fully saturated rings. The van der Waals surface area contributed by atoms with Crippen LogP contribution in [0.25, 0.3) is 0 Å². The van der Waals surface area contributed by atoms with Gasteiger partial charge in [0.2, 0.25) is 5.91 Å². The number of amides is 2. The van der Waals surface area contributed by atoms with Gasteiger partial charge in [0.25, 0.3) is 5.91 Å². The van der Waals surface area contributed by atoms with Crippen LogP contribution >= 0.6 is 23.2 Å². The van der Waals surface area contributed by atoms with Crippen LogP contribution in [0.1, 0.15) is 22.3 Å². The molecule has 0 radical (unpaired) electrons. The predicted octanol–water partition coefficient (Wildman–Crippen LogP) is 3.06. The van der Waals surface area contributed by atoms with Crippen molar-refractivity contribution in [3.05, 3.63) is 69.7 Å². The molecule has 5 nitrogen and oxygen atoms in total. The number of benzene rings is 2. The van der Waals surface area contributed by atoms with Crippen LogP contribution in [-0.4, -0.2) is 37.5 Å². The van der Waals surface area contributed by atoms with E-state index in [1.54, 1.807) is 30.3 Å². The van der Waals surface area contributed by atoms with Crippen molar-refractivity contribution >= 4 is 35.0 Å². The zero-order valence-corrected chi connectivity index (χ0v) is 16.9. The Bertz CT molecular complexity index is 824. The number of rotatable bonds is 7. The number of carbonyl (C=O) groups is 2. The van der Waals surface area contributed by atoms with E-state index in [1.807, 2.05) is 18.2 Å². The van der Waals surface area contributed by atoms with E-state index >= 15 is 0 Å². The Kier molecular flexibility index (Phi) is 7.31. The Morgan fingerprint density at radius 2 is 1.89 bits per heavy atom. The summed E-state index contributed by atoms with van der Waals surface area (Å²) in [5.41, 5.74) is 1.54. The van der Waals surface area contributed by atoms with Gasteiger partial charge in [0.1, 0.15) is 0 Å². The van der Waals surface area contributed by atoms with E-state index in [0.717, 1.165) is 25.1 Å². The van der Waals surface area contributed by atoms with E-state index in [4.69, 9.17) is 23.2 Å². The molecule has 3 rings (SSSR count). The van der Waals surface area contributed by atoms with Gasteiger partial charge in [0, 0.05) is 11.6 Å². The van der Waals surface area contributed by atoms with Crippen molar-refractivity contribution in [1.82, 2.24) is 16.0 Å². The zero-order chi connectivity index (χ0) is 19.9. The van der Waals surface area contributed by atoms with E-state index in [2.05, 4.69) is 16.0 Å². The first-order chi connectivity index (χ1) is 13.5. The third kappa shape index (κ3) is 5.71. The molecule has 0 aliphatic carbocycles. The standard InChI is InChI=1S/C21H23Cl2N3O2/c22-17-7-6-14(10-18(17)23)11-19(16-8-9-24-12-16)26-20(27)13-25-21(28)15-4-2-1-3-5-15/h1-7,10,16,19,24H,8-9,11-13H2,(H,25,28)(H,26,27). The average molecular weight is 420 g/mol. The molecule has 28 heavy (non-hydrogen) atoms. The lowest BCUT2D eigenvalue weighted by Gasteiger charge is -2.25. The molecule has 2 aromatic carbocycles. The maximum absolute atomic E-state index is 12.5. The molecule has 0 bridgehead atoms. The summed E-state index contributed by atoms with van der Waals surface area (Å²) < 4.78 is 0. The fourth-order valence-corrected chi connectivity index (χ4v) is 3.71. The molecule has 2 amide bonds. The second-order valence-electron chi connectivity index (χ2n) is 6.93. The minimum atomic E-state index is -0.265. The van der Waals surface area contributed by atoms with Crippen LogP contribution in [0, 0.1) is 5.92 Å². The second-order valence-corrected chi connectivity index (χ2v) is 7.74. The first-order valence-corrected chi connectivity index (χ1v) is 10.1. The van der Waals surface area contributed by atoms with Crippen molar-refractivity contribution in [2.45, 2.75) is 18.9 Å². The monoisotopic (exact) mass is 419 g/mol. The highest BCUT2D eigenvalue weighted by Gasteiger charge is 2.26. The normalized spacial score (nSPS) is 17.1. The van der Waals surface area contributed by atoms with E-state index in [0.29, 0.717) is 27.9 Å². The molecular formula is C21H23Cl2N3O2. The minimum absolute atomic E-state index is 0.0478. The average Bonchev–Trinajstić information content (AvgIpc) is 3.24. The van der Waals surface area contributed by atoms with Gasteiger partial charge in [0.15, 0.2) is 0 Å². The Hall–Kier alpha value is -2.08. The maximum Gasteiger partial charge on any atom is 0.251 e. The molecule has 1 aliphatic rings. The molecule has 7 heteroatoms. The van der Waals surface area contributed by atoms with Crippen molar-refractivity contribution in [1.29, 1.82) is 0 Å². The highest BCUT2D eigenvalue weighted by Crippen LogP contribution is 2.25. The molecule has 148 valence electrons. The van der Waals surface area contributed by atoms with Crippen LogP contribution < -0.4 is 16.0 Å². The van der Waals surface area contributed by atoms with E-state index in [1.165, 1.54) is 0 Å². The third-order valence-electron chi connectivity index (χ3n) is 4.90. The Morgan fingerprint density at radius 1 is 1.11 bits per heavy atom. The van der Waals surface area contributed by atoms with Gasteiger partial charge in [-0.2, -0.15) is 0 Å².